The Morgan fingerprint density at radius 1 is 1.00 bits per heavy atom. The highest BCUT2D eigenvalue weighted by Gasteiger charge is 2.31. The first kappa shape index (κ1) is 20.4. The van der Waals surface area contributed by atoms with Crippen molar-refractivity contribution in [1.82, 2.24) is 0 Å². The van der Waals surface area contributed by atoms with E-state index in [2.05, 4.69) is 5.32 Å². The first-order valence-electron chi connectivity index (χ1n) is 9.49. The number of alkyl halides is 3. The molecule has 0 aliphatic carbocycles. The van der Waals surface area contributed by atoms with Gasteiger partial charge in [0.05, 0.1) is 5.56 Å². The van der Waals surface area contributed by atoms with Gasteiger partial charge >= 0.3 is 6.18 Å². The minimum absolute atomic E-state index is 0.0121. The van der Waals surface area contributed by atoms with Gasteiger partial charge < -0.3 is 15.1 Å². The molecule has 1 aliphatic heterocycles. The average Bonchev–Trinajstić information content (AvgIpc) is 2.63. The SMILES string of the molecule is Cc1cccc(NC(=O)C[NH+]2CC[NH+](Cc3cccc(C(F)(F)F)c3)CC2)c1. The molecule has 7 heteroatoms. The molecule has 3 N–H and O–H groups in total. The van der Waals surface area contributed by atoms with E-state index in [1.54, 1.807) is 6.07 Å². The van der Waals surface area contributed by atoms with E-state index < -0.39 is 11.7 Å². The van der Waals surface area contributed by atoms with Crippen molar-refractivity contribution < 1.29 is 27.8 Å². The van der Waals surface area contributed by atoms with E-state index in [-0.39, 0.29) is 5.91 Å². The van der Waals surface area contributed by atoms with E-state index in [4.69, 9.17) is 0 Å². The second-order valence-corrected chi connectivity index (χ2v) is 7.47. The predicted molar refractivity (Wildman–Crippen MR) is 101 cm³/mol. The highest BCUT2D eigenvalue weighted by atomic mass is 19.4. The second-order valence-electron chi connectivity index (χ2n) is 7.47. The number of quaternary nitrogens is 2. The smallest absolute Gasteiger partial charge is 0.322 e. The monoisotopic (exact) mass is 393 g/mol. The number of carbonyl (C=O) groups excluding carboxylic acids is 1. The van der Waals surface area contributed by atoms with E-state index in [0.717, 1.165) is 43.5 Å². The van der Waals surface area contributed by atoms with Crippen LogP contribution in [0.15, 0.2) is 48.5 Å². The molecular formula is C21H26F3N3O+2. The number of benzene rings is 2. The molecule has 0 aromatic heterocycles. The van der Waals surface area contributed by atoms with Crippen molar-refractivity contribution in [3.63, 3.8) is 0 Å². The maximum Gasteiger partial charge on any atom is 0.416 e. The molecule has 4 nitrogen and oxygen atoms in total. The van der Waals surface area contributed by atoms with Crippen LogP contribution >= 0.6 is 0 Å². The molecule has 1 aliphatic rings. The topological polar surface area (TPSA) is 38.0 Å². The quantitative estimate of drug-likeness (QED) is 0.695. The molecule has 0 radical (unpaired) electrons. The van der Waals surface area contributed by atoms with Gasteiger partial charge in [0.25, 0.3) is 5.91 Å². The molecule has 3 rings (SSSR count). The minimum atomic E-state index is -4.31. The fourth-order valence-electron chi connectivity index (χ4n) is 3.61. The first-order valence-corrected chi connectivity index (χ1v) is 9.49. The van der Waals surface area contributed by atoms with Crippen molar-refractivity contribution in [2.75, 3.05) is 38.0 Å². The summed E-state index contributed by atoms with van der Waals surface area (Å²) in [7, 11) is 0. The molecule has 1 heterocycles. The number of aryl methyl sites for hydroxylation is 1. The van der Waals surface area contributed by atoms with Gasteiger partial charge in [-0.1, -0.05) is 24.3 Å². The maximum absolute atomic E-state index is 12.8. The number of carbonyl (C=O) groups is 1. The zero-order valence-electron chi connectivity index (χ0n) is 15.9. The summed E-state index contributed by atoms with van der Waals surface area (Å²) < 4.78 is 38.5. The molecule has 2 aromatic carbocycles. The Balaban J connectivity index is 1.46. The van der Waals surface area contributed by atoms with Crippen molar-refractivity contribution in [1.29, 1.82) is 0 Å². The van der Waals surface area contributed by atoms with Gasteiger partial charge in [0, 0.05) is 11.3 Å². The van der Waals surface area contributed by atoms with Gasteiger partial charge in [-0.2, -0.15) is 13.2 Å². The number of rotatable bonds is 5. The number of halogens is 3. The number of piperazine rings is 1. The fourth-order valence-corrected chi connectivity index (χ4v) is 3.61. The molecule has 0 unspecified atom stereocenters. The number of nitrogens with one attached hydrogen (secondary N) is 3. The molecule has 0 bridgehead atoms. The third-order valence-electron chi connectivity index (χ3n) is 5.09. The molecule has 0 spiro atoms. The van der Waals surface area contributed by atoms with E-state index in [9.17, 15) is 18.0 Å². The molecule has 2 aromatic rings. The average molecular weight is 393 g/mol. The normalized spacial score (nSPS) is 20.0. The molecule has 0 saturated carbocycles. The summed E-state index contributed by atoms with van der Waals surface area (Å²) in [5.41, 5.74) is 2.00. The second kappa shape index (κ2) is 8.75. The Morgan fingerprint density at radius 3 is 2.36 bits per heavy atom. The lowest BCUT2D eigenvalue weighted by atomic mass is 10.1. The van der Waals surface area contributed by atoms with E-state index in [1.165, 1.54) is 21.9 Å². The van der Waals surface area contributed by atoms with Gasteiger partial charge in [0.2, 0.25) is 0 Å². The molecule has 150 valence electrons. The highest BCUT2D eigenvalue weighted by Crippen LogP contribution is 2.29. The van der Waals surface area contributed by atoms with Crippen molar-refractivity contribution in [3.05, 3.63) is 65.2 Å². The van der Waals surface area contributed by atoms with Crippen LogP contribution in [0.1, 0.15) is 16.7 Å². The van der Waals surface area contributed by atoms with Crippen LogP contribution in [0.3, 0.4) is 0 Å². The van der Waals surface area contributed by atoms with Crippen LogP contribution in [0.5, 0.6) is 0 Å². The summed E-state index contributed by atoms with van der Waals surface area (Å²) in [6.45, 7) is 6.29. The van der Waals surface area contributed by atoms with E-state index in [0.29, 0.717) is 18.7 Å². The van der Waals surface area contributed by atoms with Crippen molar-refractivity contribution in [2.45, 2.75) is 19.6 Å². The third-order valence-corrected chi connectivity index (χ3v) is 5.09. The Labute approximate surface area is 162 Å². The third kappa shape index (κ3) is 5.81. The van der Waals surface area contributed by atoms with Gasteiger partial charge in [0.15, 0.2) is 6.54 Å². The fraction of sp³-hybridized carbons (Fsp3) is 0.381. The Kier molecular flexibility index (Phi) is 6.36. The van der Waals surface area contributed by atoms with E-state index >= 15 is 0 Å². The Morgan fingerprint density at radius 2 is 1.68 bits per heavy atom. The van der Waals surface area contributed by atoms with Crippen LogP contribution < -0.4 is 15.1 Å². The Hall–Kier alpha value is -2.38. The van der Waals surface area contributed by atoms with Crippen molar-refractivity contribution in [3.8, 4) is 0 Å². The van der Waals surface area contributed by atoms with Gasteiger partial charge in [-0.15, -0.1) is 0 Å². The summed E-state index contributed by atoms with van der Waals surface area (Å²) in [5.74, 6) is -0.0121. The lowest BCUT2D eigenvalue weighted by Crippen LogP contribution is -3.28. The van der Waals surface area contributed by atoms with Crippen molar-refractivity contribution >= 4 is 11.6 Å². The number of hydrogen-bond acceptors (Lipinski definition) is 1. The van der Waals surface area contributed by atoms with Crippen molar-refractivity contribution in [2.24, 2.45) is 0 Å². The summed E-state index contributed by atoms with van der Waals surface area (Å²) in [6, 6.07) is 13.3. The van der Waals surface area contributed by atoms with Crippen LogP contribution in [-0.4, -0.2) is 38.6 Å². The minimum Gasteiger partial charge on any atom is -0.322 e. The zero-order chi connectivity index (χ0) is 20.1. The van der Waals surface area contributed by atoms with Gasteiger partial charge in [-0.3, -0.25) is 4.79 Å². The number of anilines is 1. The van der Waals surface area contributed by atoms with E-state index in [1.807, 2.05) is 31.2 Å². The van der Waals surface area contributed by atoms with Crippen LogP contribution in [-0.2, 0) is 17.5 Å². The predicted octanol–water partition coefficient (Wildman–Crippen LogP) is 0.936. The largest absolute Gasteiger partial charge is 0.416 e. The zero-order valence-corrected chi connectivity index (χ0v) is 15.9. The van der Waals surface area contributed by atoms with Gasteiger partial charge in [0.1, 0.15) is 32.7 Å². The first-order chi connectivity index (χ1) is 13.3. The van der Waals surface area contributed by atoms with Gasteiger partial charge in [-0.25, -0.2) is 0 Å². The molecule has 28 heavy (non-hydrogen) atoms. The lowest BCUT2D eigenvalue weighted by molar-refractivity contribution is -1.02. The van der Waals surface area contributed by atoms with Crippen LogP contribution in [0.25, 0.3) is 0 Å². The number of hydrogen-bond donors (Lipinski definition) is 3. The molecule has 1 amide bonds. The van der Waals surface area contributed by atoms with Crippen LogP contribution in [0.4, 0.5) is 18.9 Å². The lowest BCUT2D eigenvalue weighted by Gasteiger charge is -2.29. The van der Waals surface area contributed by atoms with Crippen LogP contribution in [0.2, 0.25) is 0 Å². The summed E-state index contributed by atoms with van der Waals surface area (Å²) in [4.78, 5) is 14.7. The summed E-state index contributed by atoms with van der Waals surface area (Å²) >= 11 is 0. The molecule has 1 fully saturated rings. The summed E-state index contributed by atoms with van der Waals surface area (Å²) in [5, 5.41) is 2.93. The molecule has 1 saturated heterocycles. The molecule has 0 atom stereocenters. The maximum atomic E-state index is 12.8. The number of amides is 1. The summed E-state index contributed by atoms with van der Waals surface area (Å²) in [6.07, 6.45) is -4.31. The van der Waals surface area contributed by atoms with Crippen LogP contribution in [0, 0.1) is 6.92 Å². The standard InChI is InChI=1S/C21H24F3N3O/c1-16-4-2-7-19(12-16)25-20(28)15-27-10-8-26(9-11-27)14-17-5-3-6-18(13-17)21(22,23)24/h2-7,12-13H,8-11,14-15H2,1H3,(H,25,28)/p+2. The highest BCUT2D eigenvalue weighted by molar-refractivity contribution is 5.91. The van der Waals surface area contributed by atoms with Gasteiger partial charge in [-0.05, 0) is 36.8 Å². The Bertz CT molecular complexity index is 815. The molecular weight excluding hydrogens is 367 g/mol.